The lowest BCUT2D eigenvalue weighted by Crippen LogP contribution is -2.08. The Kier molecular flexibility index (Phi) is 12.5. The lowest BCUT2D eigenvalue weighted by Gasteiger charge is -2.21. The molecule has 0 saturated heterocycles. The first kappa shape index (κ1) is 51.7. The lowest BCUT2D eigenvalue weighted by atomic mass is 9.95. The van der Waals surface area contributed by atoms with Crippen LogP contribution in [0, 0.1) is 87.7 Å². The SMILES string of the molecule is [C-]#[N+]c1ccc(-c2ccc3c(c2)c2cc(-c4ccc(C#N)cc4[N+]#[C-])ccc2n3-c2cc([N+]#[C-])c(-c3ccccc3C(F)(F)F)cc2-n2c3ccc(-c4ccc(C#N)cc4C#N)cc3c3cc(-c4ccc(C#N)cc4C#N)ccc32)c(C#N)c1. The van der Waals surface area contributed by atoms with Crippen molar-refractivity contribution in [2.24, 2.45) is 0 Å². The van der Waals surface area contributed by atoms with Gasteiger partial charge < -0.3 is 9.13 Å². The van der Waals surface area contributed by atoms with Gasteiger partial charge in [-0.1, -0.05) is 72.8 Å². The molecule has 84 heavy (non-hydrogen) atoms. The zero-order valence-corrected chi connectivity index (χ0v) is 43.4. The smallest absolute Gasteiger partial charge is 0.308 e. The van der Waals surface area contributed by atoms with Crippen molar-refractivity contribution in [3.05, 3.63) is 255 Å². The van der Waals surface area contributed by atoms with Gasteiger partial charge in [-0.15, -0.1) is 0 Å². The van der Waals surface area contributed by atoms with E-state index in [-0.39, 0.29) is 56.0 Å². The maximum Gasteiger partial charge on any atom is 0.416 e. The highest BCUT2D eigenvalue weighted by atomic mass is 19.4. The summed E-state index contributed by atoms with van der Waals surface area (Å²) >= 11 is 0. The average Bonchev–Trinajstić information content (AvgIpc) is 1.72. The van der Waals surface area contributed by atoms with Crippen LogP contribution in [0.25, 0.3) is 125 Å². The van der Waals surface area contributed by atoms with Gasteiger partial charge in [-0.2, -0.15) is 44.7 Å². The normalized spacial score (nSPS) is 10.9. The molecule has 12 aromatic rings. The summed E-state index contributed by atoms with van der Waals surface area (Å²) in [5.41, 5.74) is 8.35. The third-order valence-corrected chi connectivity index (χ3v) is 15.0. The monoisotopic (exact) mass is 1080 g/mol. The van der Waals surface area contributed by atoms with Crippen LogP contribution in [-0.2, 0) is 6.18 Å². The summed E-state index contributed by atoms with van der Waals surface area (Å²) in [4.78, 5) is 11.2. The van der Waals surface area contributed by atoms with E-state index in [0.717, 1.165) is 6.07 Å². The quantitative estimate of drug-likeness (QED) is 0.144. The highest BCUT2D eigenvalue weighted by Crippen LogP contribution is 2.48. The van der Waals surface area contributed by atoms with E-state index in [0.29, 0.717) is 105 Å². The van der Waals surface area contributed by atoms with Crippen LogP contribution in [-0.4, -0.2) is 9.13 Å². The second-order valence-corrected chi connectivity index (χ2v) is 19.5. The number of aromatic nitrogens is 2. The molecule has 0 amide bonds. The van der Waals surface area contributed by atoms with Gasteiger partial charge in [0.25, 0.3) is 0 Å². The van der Waals surface area contributed by atoms with Gasteiger partial charge in [-0.25, -0.2) is 14.5 Å². The molecule has 0 N–H and O–H groups in total. The van der Waals surface area contributed by atoms with Crippen LogP contribution in [0.4, 0.5) is 30.2 Å². The first-order valence-electron chi connectivity index (χ1n) is 25.5. The average molecular weight is 1080 g/mol. The summed E-state index contributed by atoms with van der Waals surface area (Å²) in [7, 11) is 0. The van der Waals surface area contributed by atoms with Crippen LogP contribution < -0.4 is 0 Å². The number of rotatable bonds is 7. The highest BCUT2D eigenvalue weighted by Gasteiger charge is 2.35. The number of hydrogen-bond acceptors (Lipinski definition) is 6. The van der Waals surface area contributed by atoms with Gasteiger partial charge in [-0.05, 0) is 165 Å². The predicted octanol–water partition coefficient (Wildman–Crippen LogP) is 18.1. The fraction of sp³-hybridized carbons (Fsp3) is 0.0143. The van der Waals surface area contributed by atoms with Crippen molar-refractivity contribution in [3.8, 4) is 103 Å². The molecule has 10 aromatic carbocycles. The summed E-state index contributed by atoms with van der Waals surface area (Å²) in [5.74, 6) is 0. The molecule has 0 aliphatic rings. The molecule has 0 radical (unpaired) electrons. The number of hydrogen-bond donors (Lipinski definition) is 0. The van der Waals surface area contributed by atoms with Crippen LogP contribution in [0.2, 0.25) is 0 Å². The van der Waals surface area contributed by atoms with E-state index < -0.39 is 11.7 Å². The minimum absolute atomic E-state index is 0.0165. The molecule has 0 atom stereocenters. The molecular weight excluding hydrogens is 1050 g/mol. The maximum absolute atomic E-state index is 15.2. The Morgan fingerprint density at radius 1 is 0.345 bits per heavy atom. The standard InChI is InChI=1S/C70H30F3N11/c1-80-50-15-19-53(49(27-50)39-79)45-13-22-66-59(30-45)60-31-46(54-18-10-42(36-76)26-62(54)81-2)14-23-67(60)84(66)69-33-63(82-3)56(55-6-4-5-7-61(55)70(71,72)73)32-68(69)83-64-20-11-43(51-16-8-40(34-74)24-47(51)37-77)28-57(64)58-29-44(12-21-65(58)83)52-17-9-41(35-75)25-48(52)38-78/h4-33H. The molecule has 11 nitrogen and oxygen atoms in total. The number of benzene rings is 10. The van der Waals surface area contributed by atoms with Crippen LogP contribution >= 0.6 is 0 Å². The van der Waals surface area contributed by atoms with Crippen molar-refractivity contribution >= 4 is 60.7 Å². The first-order valence-corrected chi connectivity index (χ1v) is 25.5. The summed E-state index contributed by atoms with van der Waals surface area (Å²) in [5, 5.41) is 62.9. The molecule has 0 unspecified atom stereocenters. The van der Waals surface area contributed by atoms with Gasteiger partial charge in [0.05, 0.1) is 117 Å². The zero-order chi connectivity index (χ0) is 58.6. The van der Waals surface area contributed by atoms with Crippen molar-refractivity contribution in [3.63, 3.8) is 0 Å². The first-order chi connectivity index (χ1) is 40.8. The minimum atomic E-state index is -4.83. The number of nitriles is 6. The maximum atomic E-state index is 15.2. The Morgan fingerprint density at radius 2 is 0.738 bits per heavy atom. The van der Waals surface area contributed by atoms with Crippen LogP contribution in [0.15, 0.2) is 182 Å². The molecule has 12 rings (SSSR count). The van der Waals surface area contributed by atoms with Gasteiger partial charge in [0.2, 0.25) is 0 Å². The summed E-state index contributed by atoms with van der Waals surface area (Å²) < 4.78 is 49.5. The third kappa shape index (κ3) is 8.48. The predicted molar refractivity (Wildman–Crippen MR) is 314 cm³/mol. The zero-order valence-electron chi connectivity index (χ0n) is 43.4. The topological polar surface area (TPSA) is 166 Å². The van der Waals surface area contributed by atoms with E-state index in [2.05, 4.69) is 51.0 Å². The molecule has 2 aromatic heterocycles. The van der Waals surface area contributed by atoms with E-state index >= 15 is 13.2 Å². The van der Waals surface area contributed by atoms with E-state index in [9.17, 15) is 31.6 Å². The fourth-order valence-corrected chi connectivity index (χ4v) is 11.2. The fourth-order valence-electron chi connectivity index (χ4n) is 11.2. The molecule has 0 spiro atoms. The molecule has 0 bridgehead atoms. The number of alkyl halides is 3. The number of halogens is 3. The summed E-state index contributed by atoms with van der Waals surface area (Å²) in [6.07, 6.45) is -4.83. The molecule has 386 valence electrons. The third-order valence-electron chi connectivity index (χ3n) is 15.0. The van der Waals surface area contributed by atoms with Gasteiger partial charge in [0.1, 0.15) is 0 Å². The molecule has 2 heterocycles. The van der Waals surface area contributed by atoms with Crippen LogP contribution in [0.3, 0.4) is 0 Å². The van der Waals surface area contributed by atoms with Crippen molar-refractivity contribution in [2.75, 3.05) is 0 Å². The largest absolute Gasteiger partial charge is 0.416 e. The van der Waals surface area contributed by atoms with Gasteiger partial charge in [-0.3, -0.25) is 0 Å². The van der Waals surface area contributed by atoms with Crippen molar-refractivity contribution < 1.29 is 13.2 Å². The van der Waals surface area contributed by atoms with E-state index in [1.807, 2.05) is 81.9 Å². The molecule has 0 fully saturated rings. The van der Waals surface area contributed by atoms with Crippen molar-refractivity contribution in [2.45, 2.75) is 6.18 Å². The molecule has 0 saturated carbocycles. The Labute approximate surface area is 477 Å². The Bertz CT molecular complexity index is 5060. The number of nitrogens with zero attached hydrogens (tertiary/aromatic N) is 11. The lowest BCUT2D eigenvalue weighted by molar-refractivity contribution is -0.137. The molecule has 0 aliphatic heterocycles. The van der Waals surface area contributed by atoms with Crippen molar-refractivity contribution in [1.29, 1.82) is 31.6 Å². The second-order valence-electron chi connectivity index (χ2n) is 19.5. The molecule has 14 heteroatoms. The van der Waals surface area contributed by atoms with Crippen LogP contribution in [0.5, 0.6) is 0 Å². The van der Waals surface area contributed by atoms with Gasteiger partial charge in [0, 0.05) is 32.7 Å². The Balaban J connectivity index is 1.23. The van der Waals surface area contributed by atoms with E-state index in [1.165, 1.54) is 42.5 Å². The Morgan fingerprint density at radius 3 is 1.17 bits per heavy atom. The Hall–Kier alpha value is -13.0. The molecule has 0 aliphatic carbocycles. The van der Waals surface area contributed by atoms with Gasteiger partial charge in [0.15, 0.2) is 17.1 Å². The van der Waals surface area contributed by atoms with E-state index in [1.54, 1.807) is 60.7 Å². The van der Waals surface area contributed by atoms with Gasteiger partial charge >= 0.3 is 6.18 Å². The highest BCUT2D eigenvalue weighted by molar-refractivity contribution is 6.15. The number of fused-ring (bicyclic) bond motifs is 6. The summed E-state index contributed by atoms with van der Waals surface area (Å²) in [6.45, 7) is 24.4. The van der Waals surface area contributed by atoms with Crippen LogP contribution in [0.1, 0.15) is 38.9 Å². The van der Waals surface area contributed by atoms with Crippen molar-refractivity contribution in [1.82, 2.24) is 9.13 Å². The second kappa shape index (κ2) is 20.3. The molecular formula is C70H30F3N11. The minimum Gasteiger partial charge on any atom is -0.308 e. The van der Waals surface area contributed by atoms with E-state index in [4.69, 9.17) is 19.7 Å². The summed E-state index contributed by atoms with van der Waals surface area (Å²) in [6, 6.07) is 62.7.